The van der Waals surface area contributed by atoms with Gasteiger partial charge in [-0.15, -0.1) is 0 Å². The molecule has 0 unspecified atom stereocenters. The SMILES string of the molecule is CCN(C)c1cccc(NC(=O)c2cc(C)ccc2N2CCCC2)c1. The van der Waals surface area contributed by atoms with Crippen molar-refractivity contribution >= 4 is 23.0 Å². The second kappa shape index (κ2) is 7.60. The van der Waals surface area contributed by atoms with E-state index in [2.05, 4.69) is 40.2 Å². The molecule has 3 rings (SSSR count). The number of nitrogens with zero attached hydrogens (tertiary/aromatic N) is 2. The Morgan fingerprint density at radius 3 is 2.64 bits per heavy atom. The molecule has 0 aliphatic carbocycles. The van der Waals surface area contributed by atoms with Crippen molar-refractivity contribution in [1.29, 1.82) is 0 Å². The molecular weight excluding hydrogens is 310 g/mol. The van der Waals surface area contributed by atoms with Crippen LogP contribution in [0.5, 0.6) is 0 Å². The standard InChI is InChI=1S/C21H27N3O/c1-4-23(3)18-9-7-8-17(15-18)22-21(25)19-14-16(2)10-11-20(19)24-12-5-6-13-24/h7-11,14-15H,4-6,12-13H2,1-3H3,(H,22,25). The number of nitrogens with one attached hydrogen (secondary N) is 1. The zero-order valence-electron chi connectivity index (χ0n) is 15.4. The number of rotatable bonds is 5. The third-order valence-electron chi connectivity index (χ3n) is 4.86. The minimum absolute atomic E-state index is 0.0399. The van der Waals surface area contributed by atoms with Crippen molar-refractivity contribution in [2.24, 2.45) is 0 Å². The molecule has 1 heterocycles. The minimum Gasteiger partial charge on any atom is -0.375 e. The summed E-state index contributed by atoms with van der Waals surface area (Å²) in [7, 11) is 2.05. The number of hydrogen-bond donors (Lipinski definition) is 1. The van der Waals surface area contributed by atoms with Gasteiger partial charge in [0.2, 0.25) is 0 Å². The Balaban J connectivity index is 1.85. The molecule has 2 aromatic rings. The lowest BCUT2D eigenvalue weighted by atomic mass is 10.1. The highest BCUT2D eigenvalue weighted by atomic mass is 16.1. The van der Waals surface area contributed by atoms with Gasteiger partial charge in [0, 0.05) is 43.7 Å². The van der Waals surface area contributed by atoms with Crippen LogP contribution < -0.4 is 15.1 Å². The van der Waals surface area contributed by atoms with E-state index in [9.17, 15) is 4.79 Å². The van der Waals surface area contributed by atoms with Crippen LogP contribution in [-0.4, -0.2) is 32.6 Å². The van der Waals surface area contributed by atoms with Crippen LogP contribution in [0.25, 0.3) is 0 Å². The quantitative estimate of drug-likeness (QED) is 0.883. The molecule has 4 nitrogen and oxygen atoms in total. The van der Waals surface area contributed by atoms with Crippen molar-refractivity contribution < 1.29 is 4.79 Å². The van der Waals surface area contributed by atoms with E-state index in [4.69, 9.17) is 0 Å². The number of amides is 1. The molecule has 0 atom stereocenters. The molecule has 1 aliphatic heterocycles. The van der Waals surface area contributed by atoms with Gasteiger partial charge in [-0.3, -0.25) is 4.79 Å². The van der Waals surface area contributed by atoms with Crippen molar-refractivity contribution in [3.05, 3.63) is 53.6 Å². The van der Waals surface area contributed by atoms with Crippen LogP contribution in [0.1, 0.15) is 35.7 Å². The molecule has 1 aliphatic rings. The van der Waals surface area contributed by atoms with Crippen molar-refractivity contribution in [2.45, 2.75) is 26.7 Å². The summed E-state index contributed by atoms with van der Waals surface area (Å²) < 4.78 is 0. The first kappa shape index (κ1) is 17.3. The first-order valence-electron chi connectivity index (χ1n) is 9.06. The smallest absolute Gasteiger partial charge is 0.257 e. The van der Waals surface area contributed by atoms with E-state index in [0.717, 1.165) is 47.8 Å². The molecule has 0 saturated carbocycles. The second-order valence-corrected chi connectivity index (χ2v) is 6.73. The summed E-state index contributed by atoms with van der Waals surface area (Å²) in [6, 6.07) is 14.2. The molecule has 0 bridgehead atoms. The second-order valence-electron chi connectivity index (χ2n) is 6.73. The Kier molecular flexibility index (Phi) is 5.27. The van der Waals surface area contributed by atoms with Crippen LogP contribution in [0.15, 0.2) is 42.5 Å². The molecule has 1 N–H and O–H groups in total. The van der Waals surface area contributed by atoms with Gasteiger partial charge in [-0.2, -0.15) is 0 Å². The number of hydrogen-bond acceptors (Lipinski definition) is 3. The minimum atomic E-state index is -0.0399. The number of benzene rings is 2. The molecule has 1 saturated heterocycles. The highest BCUT2D eigenvalue weighted by Gasteiger charge is 2.19. The average molecular weight is 337 g/mol. The Morgan fingerprint density at radius 2 is 1.92 bits per heavy atom. The van der Waals surface area contributed by atoms with Crippen LogP contribution in [-0.2, 0) is 0 Å². The van der Waals surface area contributed by atoms with Crippen LogP contribution >= 0.6 is 0 Å². The van der Waals surface area contributed by atoms with Crippen LogP contribution in [0.2, 0.25) is 0 Å². The van der Waals surface area contributed by atoms with Gasteiger partial charge >= 0.3 is 0 Å². The van der Waals surface area contributed by atoms with E-state index in [1.165, 1.54) is 12.8 Å². The van der Waals surface area contributed by atoms with Crippen LogP contribution in [0.3, 0.4) is 0 Å². The predicted octanol–water partition coefficient (Wildman–Crippen LogP) is 4.30. The summed E-state index contributed by atoms with van der Waals surface area (Å²) in [6.45, 7) is 7.12. The summed E-state index contributed by atoms with van der Waals surface area (Å²) in [5.74, 6) is -0.0399. The number of carbonyl (C=O) groups is 1. The largest absolute Gasteiger partial charge is 0.375 e. The molecule has 132 valence electrons. The Morgan fingerprint density at radius 1 is 1.16 bits per heavy atom. The van der Waals surface area contributed by atoms with Gasteiger partial charge in [-0.25, -0.2) is 0 Å². The van der Waals surface area contributed by atoms with Gasteiger partial charge in [-0.05, 0) is 57.0 Å². The fraction of sp³-hybridized carbons (Fsp3) is 0.381. The molecule has 1 fully saturated rings. The van der Waals surface area contributed by atoms with E-state index in [1.54, 1.807) is 0 Å². The number of anilines is 3. The van der Waals surface area contributed by atoms with Crippen molar-refractivity contribution in [2.75, 3.05) is 41.8 Å². The lowest BCUT2D eigenvalue weighted by Crippen LogP contribution is -2.23. The van der Waals surface area contributed by atoms with Gasteiger partial charge in [0.25, 0.3) is 5.91 Å². The summed E-state index contributed by atoms with van der Waals surface area (Å²) in [4.78, 5) is 17.4. The lowest BCUT2D eigenvalue weighted by molar-refractivity contribution is 0.102. The van der Waals surface area contributed by atoms with Crippen molar-refractivity contribution in [1.82, 2.24) is 0 Å². The summed E-state index contributed by atoms with van der Waals surface area (Å²) >= 11 is 0. The highest BCUT2D eigenvalue weighted by Crippen LogP contribution is 2.27. The van der Waals surface area contributed by atoms with Crippen LogP contribution in [0, 0.1) is 6.92 Å². The Hall–Kier alpha value is -2.49. The third-order valence-corrected chi connectivity index (χ3v) is 4.86. The van der Waals surface area contributed by atoms with E-state index in [1.807, 2.05) is 38.2 Å². The molecule has 0 aromatic heterocycles. The molecule has 0 spiro atoms. The molecular formula is C21H27N3O. The van der Waals surface area contributed by atoms with E-state index in [0.29, 0.717) is 0 Å². The lowest BCUT2D eigenvalue weighted by Gasteiger charge is -2.22. The van der Waals surface area contributed by atoms with Crippen LogP contribution in [0.4, 0.5) is 17.1 Å². The van der Waals surface area contributed by atoms with Gasteiger partial charge in [0.1, 0.15) is 0 Å². The molecule has 1 amide bonds. The maximum atomic E-state index is 12.9. The molecule has 2 aromatic carbocycles. The molecule has 25 heavy (non-hydrogen) atoms. The summed E-state index contributed by atoms with van der Waals surface area (Å²) in [5, 5.41) is 3.08. The third kappa shape index (κ3) is 3.95. The van der Waals surface area contributed by atoms with E-state index in [-0.39, 0.29) is 5.91 Å². The zero-order chi connectivity index (χ0) is 17.8. The summed E-state index contributed by atoms with van der Waals surface area (Å²) in [5.41, 5.74) is 4.84. The Bertz CT molecular complexity index is 751. The first-order valence-corrected chi connectivity index (χ1v) is 9.06. The topological polar surface area (TPSA) is 35.6 Å². The molecule has 0 radical (unpaired) electrons. The van der Waals surface area contributed by atoms with Crippen molar-refractivity contribution in [3.63, 3.8) is 0 Å². The predicted molar refractivity (Wildman–Crippen MR) is 106 cm³/mol. The number of aryl methyl sites for hydroxylation is 1. The van der Waals surface area contributed by atoms with Gasteiger partial charge in [0.15, 0.2) is 0 Å². The monoisotopic (exact) mass is 337 g/mol. The van der Waals surface area contributed by atoms with Gasteiger partial charge in [-0.1, -0.05) is 17.7 Å². The zero-order valence-corrected chi connectivity index (χ0v) is 15.4. The first-order chi connectivity index (χ1) is 12.1. The fourth-order valence-electron chi connectivity index (χ4n) is 3.27. The highest BCUT2D eigenvalue weighted by molar-refractivity contribution is 6.08. The molecule has 4 heteroatoms. The fourth-order valence-corrected chi connectivity index (χ4v) is 3.27. The summed E-state index contributed by atoms with van der Waals surface area (Å²) in [6.07, 6.45) is 2.39. The van der Waals surface area contributed by atoms with Crippen molar-refractivity contribution in [3.8, 4) is 0 Å². The Labute approximate surface area is 150 Å². The van der Waals surface area contributed by atoms with E-state index >= 15 is 0 Å². The average Bonchev–Trinajstić information content (AvgIpc) is 3.15. The van der Waals surface area contributed by atoms with Gasteiger partial charge in [0.05, 0.1) is 5.56 Å². The maximum absolute atomic E-state index is 12.9. The normalized spacial score (nSPS) is 13.8. The van der Waals surface area contributed by atoms with E-state index < -0.39 is 0 Å². The van der Waals surface area contributed by atoms with Gasteiger partial charge < -0.3 is 15.1 Å². The maximum Gasteiger partial charge on any atom is 0.257 e. The number of carbonyl (C=O) groups excluding carboxylic acids is 1.